The molecular formula is C43H72N2O5. The van der Waals surface area contributed by atoms with Gasteiger partial charge >= 0.3 is 11.9 Å². The summed E-state index contributed by atoms with van der Waals surface area (Å²) < 4.78 is 11.6. The first-order valence-corrected chi connectivity index (χ1v) is 20.5. The van der Waals surface area contributed by atoms with E-state index in [1.165, 1.54) is 51.2 Å². The van der Waals surface area contributed by atoms with E-state index in [2.05, 4.69) is 59.9 Å². The lowest BCUT2D eigenvalue weighted by Gasteiger charge is -2.70. The molecule has 4 saturated carbocycles. The summed E-state index contributed by atoms with van der Waals surface area (Å²) >= 11 is 0. The van der Waals surface area contributed by atoms with Crippen LogP contribution in [0.4, 0.5) is 0 Å². The lowest BCUT2D eigenvalue weighted by molar-refractivity contribution is -0.210. The van der Waals surface area contributed by atoms with Gasteiger partial charge in [-0.3, -0.25) is 14.4 Å². The van der Waals surface area contributed by atoms with E-state index < -0.39 is 5.41 Å². The van der Waals surface area contributed by atoms with Crippen molar-refractivity contribution in [1.29, 1.82) is 0 Å². The first-order valence-electron chi connectivity index (χ1n) is 20.5. The standard InChI is InChI=1S/C43H72N2O5/c1-38(2)33-17-20-43(7)36(32(46)27-30-31-28-40(4,37(48)49-8)22-21-39(31,3)23-24-42(30,43)6)41(33,5)19-18-34(38)50-35(47)29-45-26-16-14-12-10-9-11-13-15-25-44/h27,31,33-34,36,45H,9-26,28-29,44H2,1-8H3/t31-,33-,34-,36+,39+,40-,41-,42+,43+/m0/s1. The van der Waals surface area contributed by atoms with Gasteiger partial charge in [0.15, 0.2) is 5.78 Å². The van der Waals surface area contributed by atoms with Gasteiger partial charge in [-0.05, 0) is 130 Å². The number of hydrogen-bond acceptors (Lipinski definition) is 7. The topological polar surface area (TPSA) is 108 Å². The molecule has 0 saturated heterocycles. The van der Waals surface area contributed by atoms with Gasteiger partial charge in [-0.15, -0.1) is 0 Å². The molecule has 0 unspecified atom stereocenters. The molecular weight excluding hydrogens is 624 g/mol. The molecule has 0 aromatic rings. The first kappa shape index (κ1) is 39.5. The van der Waals surface area contributed by atoms with Gasteiger partial charge < -0.3 is 20.5 Å². The molecule has 0 spiro atoms. The number of nitrogens with two attached hydrogens (primary N) is 1. The zero-order chi connectivity index (χ0) is 36.6. The van der Waals surface area contributed by atoms with E-state index in [4.69, 9.17) is 15.2 Å². The van der Waals surface area contributed by atoms with E-state index in [0.717, 1.165) is 83.7 Å². The van der Waals surface area contributed by atoms with Crippen molar-refractivity contribution in [3.8, 4) is 0 Å². The quantitative estimate of drug-likeness (QED) is 0.138. The summed E-state index contributed by atoms with van der Waals surface area (Å²) in [6.07, 6.45) is 20.2. The molecule has 5 aliphatic carbocycles. The maximum absolute atomic E-state index is 14.7. The Bertz CT molecular complexity index is 1290. The van der Waals surface area contributed by atoms with Gasteiger partial charge in [0.2, 0.25) is 0 Å². The minimum absolute atomic E-state index is 0.0639. The van der Waals surface area contributed by atoms with Gasteiger partial charge in [-0.25, -0.2) is 0 Å². The lowest BCUT2D eigenvalue weighted by Crippen LogP contribution is -2.66. The summed E-state index contributed by atoms with van der Waals surface area (Å²) in [6.45, 7) is 18.2. The highest BCUT2D eigenvalue weighted by Gasteiger charge is 2.70. The van der Waals surface area contributed by atoms with Gasteiger partial charge in [0.1, 0.15) is 6.10 Å². The molecule has 0 bridgehead atoms. The van der Waals surface area contributed by atoms with E-state index >= 15 is 0 Å². The van der Waals surface area contributed by atoms with Crippen LogP contribution in [0.3, 0.4) is 0 Å². The minimum atomic E-state index is -0.512. The number of nitrogens with one attached hydrogen (secondary N) is 1. The summed E-state index contributed by atoms with van der Waals surface area (Å²) in [5.74, 6) is 0.463. The second-order valence-electron chi connectivity index (χ2n) is 19.4. The normalized spacial score (nSPS) is 40.4. The highest BCUT2D eigenvalue weighted by Crippen LogP contribution is 2.75. The van der Waals surface area contributed by atoms with Crippen LogP contribution in [0.25, 0.3) is 0 Å². The predicted octanol–water partition coefficient (Wildman–Crippen LogP) is 8.72. The number of carbonyl (C=O) groups excluding carboxylic acids is 3. The van der Waals surface area contributed by atoms with Crippen LogP contribution in [-0.4, -0.2) is 50.6 Å². The third-order valence-corrected chi connectivity index (χ3v) is 16.0. The fourth-order valence-corrected chi connectivity index (χ4v) is 12.6. The summed E-state index contributed by atoms with van der Waals surface area (Å²) in [5, 5.41) is 3.33. The molecule has 3 N–H and O–H groups in total. The summed E-state index contributed by atoms with van der Waals surface area (Å²) in [5.41, 5.74) is 5.84. The largest absolute Gasteiger partial charge is 0.469 e. The fourth-order valence-electron chi connectivity index (χ4n) is 12.6. The van der Waals surface area contributed by atoms with Crippen molar-refractivity contribution >= 4 is 17.7 Å². The molecule has 7 nitrogen and oxygen atoms in total. The Kier molecular flexibility index (Phi) is 11.8. The maximum Gasteiger partial charge on any atom is 0.320 e. The Hall–Kier alpha value is -1.73. The number of rotatable bonds is 14. The molecule has 0 aliphatic heterocycles. The Balaban J connectivity index is 1.23. The van der Waals surface area contributed by atoms with E-state index in [0.29, 0.717) is 5.78 Å². The number of hydrogen-bond donors (Lipinski definition) is 2. The number of methoxy groups -OCH3 is 1. The Labute approximate surface area is 304 Å². The SMILES string of the molecule is COC(=O)[C@@]1(C)CC[C@]2(C)CC[C@]3(C)C(=CC(=O)[C@@H]4[C@@]5(C)CC[C@H](OC(=O)CNCCCCCCCCCCN)C(C)(C)[C@@H]5CC[C@]43C)[C@@H]2C1. The summed E-state index contributed by atoms with van der Waals surface area (Å²) in [7, 11) is 1.51. The third kappa shape index (κ3) is 6.90. The first-order chi connectivity index (χ1) is 23.5. The fraction of sp³-hybridized carbons (Fsp3) is 0.884. The van der Waals surface area contributed by atoms with Crippen molar-refractivity contribution in [1.82, 2.24) is 5.32 Å². The van der Waals surface area contributed by atoms with Crippen LogP contribution < -0.4 is 11.1 Å². The Morgan fingerprint density at radius 2 is 1.48 bits per heavy atom. The van der Waals surface area contributed by atoms with Crippen LogP contribution in [0.5, 0.6) is 0 Å². The van der Waals surface area contributed by atoms with Gasteiger partial charge in [0.05, 0.1) is 19.1 Å². The second-order valence-corrected chi connectivity index (χ2v) is 19.4. The van der Waals surface area contributed by atoms with Crippen LogP contribution in [0.15, 0.2) is 11.6 Å². The van der Waals surface area contributed by atoms with Crippen molar-refractivity contribution < 1.29 is 23.9 Å². The number of allylic oxidation sites excluding steroid dienone is 2. The highest BCUT2D eigenvalue weighted by molar-refractivity contribution is 5.95. The van der Waals surface area contributed by atoms with Crippen LogP contribution in [0.2, 0.25) is 0 Å². The molecule has 0 heterocycles. The highest BCUT2D eigenvalue weighted by atomic mass is 16.5. The van der Waals surface area contributed by atoms with E-state index in [1.54, 1.807) is 0 Å². The van der Waals surface area contributed by atoms with Crippen molar-refractivity contribution in [3.05, 3.63) is 11.6 Å². The van der Waals surface area contributed by atoms with Gasteiger partial charge in [-0.2, -0.15) is 0 Å². The molecule has 0 radical (unpaired) electrons. The number of carbonyl (C=O) groups is 3. The van der Waals surface area contributed by atoms with E-state index in [1.807, 2.05) is 0 Å². The van der Waals surface area contributed by atoms with Gasteiger partial charge in [0, 0.05) is 11.3 Å². The van der Waals surface area contributed by atoms with E-state index in [-0.39, 0.29) is 69.4 Å². The zero-order valence-electron chi connectivity index (χ0n) is 33.1. The molecule has 5 rings (SSSR count). The van der Waals surface area contributed by atoms with Crippen LogP contribution >= 0.6 is 0 Å². The van der Waals surface area contributed by atoms with E-state index in [9.17, 15) is 14.4 Å². The molecule has 0 aromatic heterocycles. The molecule has 0 amide bonds. The van der Waals surface area contributed by atoms with Crippen molar-refractivity contribution in [3.63, 3.8) is 0 Å². The molecule has 9 atom stereocenters. The third-order valence-electron chi connectivity index (χ3n) is 16.0. The van der Waals surface area contributed by atoms with Crippen molar-refractivity contribution in [2.45, 2.75) is 164 Å². The monoisotopic (exact) mass is 697 g/mol. The van der Waals surface area contributed by atoms with Gasteiger partial charge in [0.25, 0.3) is 0 Å². The number of unbranched alkanes of at least 4 members (excludes halogenated alkanes) is 7. The van der Waals surface area contributed by atoms with Crippen LogP contribution in [-0.2, 0) is 23.9 Å². The zero-order valence-corrected chi connectivity index (χ0v) is 33.1. The minimum Gasteiger partial charge on any atom is -0.469 e. The number of fused-ring (bicyclic) bond motifs is 7. The maximum atomic E-state index is 14.7. The predicted molar refractivity (Wildman–Crippen MR) is 200 cm³/mol. The summed E-state index contributed by atoms with van der Waals surface area (Å²) in [6, 6.07) is 0. The average Bonchev–Trinajstić information content (AvgIpc) is 3.06. The molecule has 4 fully saturated rings. The second kappa shape index (κ2) is 15.0. The van der Waals surface area contributed by atoms with Crippen molar-refractivity contribution in [2.24, 2.45) is 56.0 Å². The Morgan fingerprint density at radius 3 is 2.14 bits per heavy atom. The van der Waals surface area contributed by atoms with Crippen LogP contribution in [0.1, 0.15) is 158 Å². The number of ketones is 1. The average molecular weight is 697 g/mol. The summed E-state index contributed by atoms with van der Waals surface area (Å²) in [4.78, 5) is 40.8. The molecule has 0 aromatic carbocycles. The number of esters is 2. The number of ether oxygens (including phenoxy) is 2. The van der Waals surface area contributed by atoms with Crippen LogP contribution in [0, 0.1) is 50.2 Å². The lowest BCUT2D eigenvalue weighted by atomic mass is 9.33. The van der Waals surface area contributed by atoms with Crippen molar-refractivity contribution in [2.75, 3.05) is 26.7 Å². The molecule has 50 heavy (non-hydrogen) atoms. The molecule has 7 heteroatoms. The molecule has 284 valence electrons. The van der Waals surface area contributed by atoms with Gasteiger partial charge in [-0.1, -0.05) is 85.6 Å². The smallest absolute Gasteiger partial charge is 0.320 e. The molecule has 5 aliphatic rings. The Morgan fingerprint density at radius 1 is 0.840 bits per heavy atom.